The molecule has 0 saturated heterocycles. The van der Waals surface area contributed by atoms with E-state index in [1.54, 1.807) is 13.1 Å². The Kier molecular flexibility index (Phi) is 5.49. The highest BCUT2D eigenvalue weighted by molar-refractivity contribution is 7.13. The van der Waals surface area contributed by atoms with Crippen LogP contribution in [0.1, 0.15) is 19.0 Å². The van der Waals surface area contributed by atoms with Gasteiger partial charge in [0.25, 0.3) is 0 Å². The van der Waals surface area contributed by atoms with Gasteiger partial charge in [0.15, 0.2) is 5.13 Å². The Hall–Kier alpha value is -2.40. The number of nitrogens with zero attached hydrogens (tertiary/aromatic N) is 3. The van der Waals surface area contributed by atoms with Crippen LogP contribution in [-0.2, 0) is 0 Å². The zero-order valence-corrected chi connectivity index (χ0v) is 13.7. The number of nitrogens with one attached hydrogen (secondary N) is 1. The van der Waals surface area contributed by atoms with E-state index in [1.807, 2.05) is 34.3 Å². The second-order valence-electron chi connectivity index (χ2n) is 4.54. The van der Waals surface area contributed by atoms with Crippen molar-refractivity contribution in [2.24, 2.45) is 4.99 Å². The summed E-state index contributed by atoms with van der Waals surface area (Å²) in [5.41, 5.74) is 3.56. The van der Waals surface area contributed by atoms with Crippen LogP contribution in [0.15, 0.2) is 65.8 Å². The molecule has 1 N–H and O–H groups in total. The number of hydrogen-bond donors (Lipinski definition) is 1. The summed E-state index contributed by atoms with van der Waals surface area (Å²) in [6.45, 7) is 9.64. The molecule has 0 unspecified atom stereocenters. The Bertz CT molecular complexity index is 765. The first kappa shape index (κ1) is 16.0. The van der Waals surface area contributed by atoms with E-state index in [1.165, 1.54) is 11.3 Å². The average molecular weight is 312 g/mol. The van der Waals surface area contributed by atoms with Gasteiger partial charge in [0, 0.05) is 24.3 Å². The minimum Gasteiger partial charge on any atom is -0.332 e. The molecular formula is C17H20N4S. The van der Waals surface area contributed by atoms with E-state index in [0.717, 1.165) is 34.1 Å². The Balaban J connectivity index is 2.44. The van der Waals surface area contributed by atoms with Crippen molar-refractivity contribution in [1.29, 1.82) is 0 Å². The van der Waals surface area contributed by atoms with Crippen LogP contribution >= 0.6 is 11.3 Å². The Morgan fingerprint density at radius 1 is 1.50 bits per heavy atom. The van der Waals surface area contributed by atoms with Crippen LogP contribution < -0.4 is 10.8 Å². The first-order valence-corrected chi connectivity index (χ1v) is 7.92. The van der Waals surface area contributed by atoms with Gasteiger partial charge in [0.05, 0.1) is 5.70 Å². The third-order valence-electron chi connectivity index (χ3n) is 3.00. The molecule has 0 aliphatic rings. The highest BCUT2D eigenvalue weighted by atomic mass is 32.1. The summed E-state index contributed by atoms with van der Waals surface area (Å²) in [6, 6.07) is 5.95. The predicted octanol–water partition coefficient (Wildman–Crippen LogP) is 3.89. The van der Waals surface area contributed by atoms with Crippen LogP contribution in [0.5, 0.6) is 0 Å². The second-order valence-corrected chi connectivity index (χ2v) is 5.40. The number of thiazole rings is 1. The first-order valence-electron chi connectivity index (χ1n) is 7.05. The smallest absolute Gasteiger partial charge is 0.187 e. The van der Waals surface area contributed by atoms with E-state index >= 15 is 0 Å². The Morgan fingerprint density at radius 2 is 2.32 bits per heavy atom. The van der Waals surface area contributed by atoms with E-state index in [-0.39, 0.29) is 0 Å². The largest absolute Gasteiger partial charge is 0.332 e. The molecule has 0 atom stereocenters. The van der Waals surface area contributed by atoms with Crippen molar-refractivity contribution >= 4 is 22.2 Å². The SMILES string of the molecule is C=CC(=C)Nc1nc(/C(=C/CC)n2cccc/c2=N\C)cs1. The van der Waals surface area contributed by atoms with Gasteiger partial charge >= 0.3 is 0 Å². The quantitative estimate of drug-likeness (QED) is 0.822. The third kappa shape index (κ3) is 3.62. The molecule has 0 spiro atoms. The molecule has 0 amide bonds. The van der Waals surface area contributed by atoms with Crippen molar-refractivity contribution in [2.75, 3.05) is 12.4 Å². The molecule has 0 radical (unpaired) electrons. The molecule has 2 rings (SSSR count). The molecule has 0 aliphatic carbocycles. The highest BCUT2D eigenvalue weighted by Gasteiger charge is 2.09. The highest BCUT2D eigenvalue weighted by Crippen LogP contribution is 2.23. The van der Waals surface area contributed by atoms with E-state index in [2.05, 4.69) is 41.5 Å². The lowest BCUT2D eigenvalue weighted by Crippen LogP contribution is -2.19. The summed E-state index contributed by atoms with van der Waals surface area (Å²) in [4.78, 5) is 8.96. The normalized spacial score (nSPS) is 12.3. The van der Waals surface area contributed by atoms with Gasteiger partial charge in [-0.05, 0) is 24.6 Å². The van der Waals surface area contributed by atoms with Gasteiger partial charge in [0.2, 0.25) is 0 Å². The minimum atomic E-state index is 0.735. The summed E-state index contributed by atoms with van der Waals surface area (Å²) >= 11 is 1.54. The van der Waals surface area contributed by atoms with Crippen LogP contribution in [0.4, 0.5) is 5.13 Å². The fourth-order valence-electron chi connectivity index (χ4n) is 1.98. The van der Waals surface area contributed by atoms with Crippen molar-refractivity contribution in [3.8, 4) is 0 Å². The molecule has 0 bridgehead atoms. The molecule has 0 aliphatic heterocycles. The topological polar surface area (TPSA) is 42.2 Å². The summed E-state index contributed by atoms with van der Waals surface area (Å²) < 4.78 is 2.05. The van der Waals surface area contributed by atoms with E-state index < -0.39 is 0 Å². The number of rotatable bonds is 6. The van der Waals surface area contributed by atoms with Gasteiger partial charge in [-0.25, -0.2) is 4.98 Å². The maximum atomic E-state index is 4.64. The van der Waals surface area contributed by atoms with Crippen LogP contribution in [0.3, 0.4) is 0 Å². The van der Waals surface area contributed by atoms with Crippen LogP contribution in [0.25, 0.3) is 5.70 Å². The molecule has 0 aromatic carbocycles. The fourth-order valence-corrected chi connectivity index (χ4v) is 2.71. The summed E-state index contributed by atoms with van der Waals surface area (Å²) in [7, 11) is 1.79. The Morgan fingerprint density at radius 3 is 3.00 bits per heavy atom. The number of allylic oxidation sites excluding steroid dienone is 2. The predicted molar refractivity (Wildman–Crippen MR) is 94.7 cm³/mol. The monoisotopic (exact) mass is 312 g/mol. The minimum absolute atomic E-state index is 0.735. The molecule has 22 heavy (non-hydrogen) atoms. The van der Waals surface area contributed by atoms with E-state index in [9.17, 15) is 0 Å². The van der Waals surface area contributed by atoms with Crippen molar-refractivity contribution < 1.29 is 0 Å². The average Bonchev–Trinajstić information content (AvgIpc) is 3.00. The molecule has 0 saturated carbocycles. The van der Waals surface area contributed by atoms with Crippen molar-refractivity contribution in [1.82, 2.24) is 9.55 Å². The summed E-state index contributed by atoms with van der Waals surface area (Å²) in [5, 5.41) is 5.95. The standard InChI is InChI=1S/C17H20N4S/c1-5-9-15(21-11-8-7-10-16(21)18-4)14-12-22-17(20-14)19-13(3)6-2/h6-12H,2-3,5H2,1,4H3,(H,19,20)/b15-9-,18-16+. The lowest BCUT2D eigenvalue weighted by molar-refractivity contribution is 0.946. The lowest BCUT2D eigenvalue weighted by atomic mass is 10.2. The van der Waals surface area contributed by atoms with Gasteiger partial charge in [0.1, 0.15) is 11.2 Å². The van der Waals surface area contributed by atoms with E-state index in [0.29, 0.717) is 0 Å². The van der Waals surface area contributed by atoms with Gasteiger partial charge in [-0.2, -0.15) is 0 Å². The maximum absolute atomic E-state index is 4.64. The van der Waals surface area contributed by atoms with Gasteiger partial charge in [-0.3, -0.25) is 4.99 Å². The molecule has 5 heteroatoms. The molecule has 0 fully saturated rings. The number of pyridine rings is 1. The van der Waals surface area contributed by atoms with Crippen LogP contribution in [0.2, 0.25) is 0 Å². The third-order valence-corrected chi connectivity index (χ3v) is 3.76. The van der Waals surface area contributed by atoms with Gasteiger partial charge in [-0.1, -0.05) is 32.2 Å². The van der Waals surface area contributed by atoms with Crippen molar-refractivity contribution in [2.45, 2.75) is 13.3 Å². The molecular weight excluding hydrogens is 292 g/mol. The summed E-state index contributed by atoms with van der Waals surface area (Å²) in [6.07, 6.45) is 6.73. The van der Waals surface area contributed by atoms with Crippen molar-refractivity contribution in [3.05, 3.63) is 72.0 Å². The van der Waals surface area contributed by atoms with Crippen molar-refractivity contribution in [3.63, 3.8) is 0 Å². The lowest BCUT2D eigenvalue weighted by Gasteiger charge is -2.10. The van der Waals surface area contributed by atoms with Gasteiger partial charge < -0.3 is 9.88 Å². The zero-order valence-electron chi connectivity index (χ0n) is 12.9. The number of hydrogen-bond acceptors (Lipinski definition) is 4. The first-order chi connectivity index (χ1) is 10.7. The number of anilines is 1. The molecule has 4 nitrogen and oxygen atoms in total. The molecule has 114 valence electrons. The fraction of sp³-hybridized carbons (Fsp3) is 0.176. The van der Waals surface area contributed by atoms with Crippen LogP contribution in [0, 0.1) is 0 Å². The Labute approximate surface area is 134 Å². The molecule has 2 aromatic heterocycles. The number of aromatic nitrogens is 2. The maximum Gasteiger partial charge on any atom is 0.187 e. The summed E-state index contributed by atoms with van der Waals surface area (Å²) in [5.74, 6) is 0. The second kappa shape index (κ2) is 7.56. The van der Waals surface area contributed by atoms with Crippen LogP contribution in [-0.4, -0.2) is 16.6 Å². The molecule has 2 heterocycles. The zero-order chi connectivity index (χ0) is 15.9. The van der Waals surface area contributed by atoms with E-state index in [4.69, 9.17) is 0 Å². The van der Waals surface area contributed by atoms with Gasteiger partial charge in [-0.15, -0.1) is 11.3 Å². The molecule has 2 aromatic rings.